The van der Waals surface area contributed by atoms with Crippen LogP contribution in [-0.4, -0.2) is 56.6 Å². The molecule has 2 amide bonds. The molecule has 0 aliphatic carbocycles. The van der Waals surface area contributed by atoms with Crippen LogP contribution in [0.15, 0.2) is 24.3 Å². The lowest BCUT2D eigenvalue weighted by atomic mass is 10.0. The minimum Gasteiger partial charge on any atom is -0.471 e. The standard InChI is InChI=1S/C18H29N3O3/c1-14(2)16-6-4-5-7-17(16)24-15(3)20-18(22)19-8-9-21-10-12-23-13-11-21/h4-7,14-15H,8-13H2,1-3H3,(H2,19,20,22). The van der Waals surface area contributed by atoms with E-state index in [-0.39, 0.29) is 6.03 Å². The van der Waals surface area contributed by atoms with Gasteiger partial charge in [-0.15, -0.1) is 0 Å². The van der Waals surface area contributed by atoms with Crippen molar-refractivity contribution in [1.29, 1.82) is 0 Å². The topological polar surface area (TPSA) is 62.8 Å². The second kappa shape index (κ2) is 9.49. The summed E-state index contributed by atoms with van der Waals surface area (Å²) in [4.78, 5) is 14.2. The average molecular weight is 335 g/mol. The van der Waals surface area contributed by atoms with Crippen molar-refractivity contribution in [3.63, 3.8) is 0 Å². The number of amides is 2. The Labute approximate surface area is 144 Å². The van der Waals surface area contributed by atoms with Gasteiger partial charge >= 0.3 is 6.03 Å². The fourth-order valence-corrected chi connectivity index (χ4v) is 2.67. The lowest BCUT2D eigenvalue weighted by molar-refractivity contribution is 0.0387. The first-order chi connectivity index (χ1) is 11.6. The molecule has 1 saturated heterocycles. The van der Waals surface area contributed by atoms with E-state index in [1.54, 1.807) is 0 Å². The lowest BCUT2D eigenvalue weighted by Gasteiger charge is -2.26. The maximum atomic E-state index is 12.0. The highest BCUT2D eigenvalue weighted by atomic mass is 16.5. The van der Waals surface area contributed by atoms with Gasteiger partial charge in [0, 0.05) is 26.2 Å². The van der Waals surface area contributed by atoms with E-state index in [0.29, 0.717) is 12.5 Å². The maximum absolute atomic E-state index is 12.0. The van der Waals surface area contributed by atoms with E-state index in [0.717, 1.165) is 44.2 Å². The first-order valence-electron chi connectivity index (χ1n) is 8.66. The Balaban J connectivity index is 1.71. The summed E-state index contributed by atoms with van der Waals surface area (Å²) < 4.78 is 11.2. The van der Waals surface area contributed by atoms with Crippen molar-refractivity contribution in [3.8, 4) is 5.75 Å². The summed E-state index contributed by atoms with van der Waals surface area (Å²) >= 11 is 0. The van der Waals surface area contributed by atoms with E-state index in [1.807, 2.05) is 25.1 Å². The average Bonchev–Trinajstić information content (AvgIpc) is 2.56. The van der Waals surface area contributed by atoms with Gasteiger partial charge in [-0.25, -0.2) is 4.79 Å². The molecule has 1 aliphatic heterocycles. The van der Waals surface area contributed by atoms with Crippen LogP contribution in [0.3, 0.4) is 0 Å². The molecular formula is C18H29N3O3. The van der Waals surface area contributed by atoms with Gasteiger partial charge in [-0.1, -0.05) is 32.0 Å². The zero-order chi connectivity index (χ0) is 17.4. The zero-order valence-corrected chi connectivity index (χ0v) is 14.9. The SMILES string of the molecule is CC(NC(=O)NCCN1CCOCC1)Oc1ccccc1C(C)C. The van der Waals surface area contributed by atoms with Crippen LogP contribution < -0.4 is 15.4 Å². The predicted molar refractivity (Wildman–Crippen MR) is 94.4 cm³/mol. The van der Waals surface area contributed by atoms with Crippen LogP contribution in [0.5, 0.6) is 5.75 Å². The van der Waals surface area contributed by atoms with Gasteiger partial charge in [0.15, 0.2) is 6.23 Å². The zero-order valence-electron chi connectivity index (χ0n) is 14.9. The van der Waals surface area contributed by atoms with Crippen LogP contribution in [0.1, 0.15) is 32.3 Å². The summed E-state index contributed by atoms with van der Waals surface area (Å²) in [7, 11) is 0. The number of ether oxygens (including phenoxy) is 2. The fraction of sp³-hybridized carbons (Fsp3) is 0.611. The molecule has 6 nitrogen and oxygen atoms in total. The summed E-state index contributed by atoms with van der Waals surface area (Å²) in [5.41, 5.74) is 1.14. The number of nitrogens with zero attached hydrogens (tertiary/aromatic N) is 1. The van der Waals surface area contributed by atoms with Crippen LogP contribution in [0, 0.1) is 0 Å². The quantitative estimate of drug-likeness (QED) is 0.750. The van der Waals surface area contributed by atoms with Gasteiger partial charge in [0.2, 0.25) is 0 Å². The van der Waals surface area contributed by atoms with E-state index >= 15 is 0 Å². The molecule has 1 heterocycles. The van der Waals surface area contributed by atoms with E-state index in [9.17, 15) is 4.79 Å². The van der Waals surface area contributed by atoms with Crippen molar-refractivity contribution in [3.05, 3.63) is 29.8 Å². The lowest BCUT2D eigenvalue weighted by Crippen LogP contribution is -2.46. The van der Waals surface area contributed by atoms with Crippen molar-refractivity contribution in [1.82, 2.24) is 15.5 Å². The van der Waals surface area contributed by atoms with Gasteiger partial charge in [0.25, 0.3) is 0 Å². The second-order valence-electron chi connectivity index (χ2n) is 6.31. The normalized spacial score (nSPS) is 16.7. The molecule has 1 aliphatic rings. The monoisotopic (exact) mass is 335 g/mol. The Kier molecular flexibility index (Phi) is 7.34. The smallest absolute Gasteiger partial charge is 0.317 e. The van der Waals surface area contributed by atoms with Gasteiger partial charge in [0.1, 0.15) is 5.75 Å². The van der Waals surface area contributed by atoms with E-state index in [1.165, 1.54) is 0 Å². The number of morpholine rings is 1. The summed E-state index contributed by atoms with van der Waals surface area (Å²) in [5.74, 6) is 1.18. The van der Waals surface area contributed by atoms with E-state index in [2.05, 4.69) is 35.4 Å². The number of para-hydroxylation sites is 1. The minimum absolute atomic E-state index is 0.210. The molecule has 0 radical (unpaired) electrons. The van der Waals surface area contributed by atoms with Crippen LogP contribution in [-0.2, 0) is 4.74 Å². The van der Waals surface area contributed by atoms with Crippen LogP contribution in [0.2, 0.25) is 0 Å². The molecule has 0 saturated carbocycles. The molecule has 0 spiro atoms. The van der Waals surface area contributed by atoms with Crippen LogP contribution in [0.25, 0.3) is 0 Å². The molecule has 1 atom stereocenters. The molecule has 1 aromatic carbocycles. The molecule has 1 unspecified atom stereocenters. The Hall–Kier alpha value is -1.79. The van der Waals surface area contributed by atoms with Gasteiger partial charge in [-0.3, -0.25) is 4.90 Å². The highest BCUT2D eigenvalue weighted by Gasteiger charge is 2.13. The van der Waals surface area contributed by atoms with Crippen molar-refractivity contribution >= 4 is 6.03 Å². The van der Waals surface area contributed by atoms with Gasteiger partial charge in [0.05, 0.1) is 13.2 Å². The molecule has 1 fully saturated rings. The predicted octanol–water partition coefficient (Wildman–Crippen LogP) is 2.17. The van der Waals surface area contributed by atoms with Crippen LogP contribution >= 0.6 is 0 Å². The van der Waals surface area contributed by atoms with Crippen molar-refractivity contribution < 1.29 is 14.3 Å². The van der Waals surface area contributed by atoms with E-state index < -0.39 is 6.23 Å². The van der Waals surface area contributed by atoms with Gasteiger partial charge in [-0.2, -0.15) is 0 Å². The Morgan fingerprint density at radius 2 is 1.96 bits per heavy atom. The number of benzene rings is 1. The third-order valence-corrected chi connectivity index (χ3v) is 4.00. The first kappa shape index (κ1) is 18.5. The number of nitrogens with one attached hydrogen (secondary N) is 2. The Morgan fingerprint density at radius 3 is 2.67 bits per heavy atom. The second-order valence-corrected chi connectivity index (χ2v) is 6.31. The minimum atomic E-state index is -0.395. The Bertz CT molecular complexity index is 516. The molecule has 0 bridgehead atoms. The number of hydrogen-bond donors (Lipinski definition) is 2. The van der Waals surface area contributed by atoms with Gasteiger partial charge < -0.3 is 20.1 Å². The summed E-state index contributed by atoms with van der Waals surface area (Å²) in [5, 5.41) is 5.69. The summed E-state index contributed by atoms with van der Waals surface area (Å²) in [6.45, 7) is 10.9. The van der Waals surface area contributed by atoms with Crippen molar-refractivity contribution in [2.45, 2.75) is 32.9 Å². The third-order valence-electron chi connectivity index (χ3n) is 4.00. The number of carbonyl (C=O) groups is 1. The third kappa shape index (κ3) is 6.02. The van der Waals surface area contributed by atoms with Crippen molar-refractivity contribution in [2.75, 3.05) is 39.4 Å². The molecule has 6 heteroatoms. The van der Waals surface area contributed by atoms with Crippen molar-refractivity contribution in [2.24, 2.45) is 0 Å². The maximum Gasteiger partial charge on any atom is 0.317 e. The number of hydrogen-bond acceptors (Lipinski definition) is 4. The molecule has 24 heavy (non-hydrogen) atoms. The number of urea groups is 1. The van der Waals surface area contributed by atoms with E-state index in [4.69, 9.17) is 9.47 Å². The molecule has 134 valence electrons. The molecular weight excluding hydrogens is 306 g/mol. The summed E-state index contributed by atoms with van der Waals surface area (Å²) in [6.07, 6.45) is -0.395. The first-order valence-corrected chi connectivity index (χ1v) is 8.66. The molecule has 2 rings (SSSR count). The Morgan fingerprint density at radius 1 is 1.25 bits per heavy atom. The van der Waals surface area contributed by atoms with Crippen LogP contribution in [0.4, 0.5) is 4.79 Å². The van der Waals surface area contributed by atoms with Gasteiger partial charge in [-0.05, 0) is 24.5 Å². The molecule has 1 aromatic rings. The molecule has 0 aromatic heterocycles. The fourth-order valence-electron chi connectivity index (χ4n) is 2.67. The molecule has 2 N–H and O–H groups in total. The largest absolute Gasteiger partial charge is 0.471 e. The number of carbonyl (C=O) groups excluding carboxylic acids is 1. The highest BCUT2D eigenvalue weighted by molar-refractivity contribution is 5.74. The number of rotatable bonds is 7. The summed E-state index contributed by atoms with van der Waals surface area (Å²) in [6, 6.07) is 7.71. The highest BCUT2D eigenvalue weighted by Crippen LogP contribution is 2.26.